The molecule has 0 heteroatoms. The third kappa shape index (κ3) is 6.50. The Hall–Kier alpha value is -6.76. The van der Waals surface area contributed by atoms with Gasteiger partial charge in [-0.3, -0.25) is 0 Å². The van der Waals surface area contributed by atoms with Crippen molar-refractivity contribution in [3.05, 3.63) is 228 Å². The summed E-state index contributed by atoms with van der Waals surface area (Å²) in [6.45, 7) is 15.0. The summed E-state index contributed by atoms with van der Waals surface area (Å²) in [5.41, 5.74) is 20.0. The number of aryl methyl sites for hydroxylation is 2. The van der Waals surface area contributed by atoms with Gasteiger partial charge in [-0.2, -0.15) is 0 Å². The van der Waals surface area contributed by atoms with E-state index in [1.54, 1.807) is 0 Å². The number of hydrogen-bond donors (Lipinski definition) is 0. The van der Waals surface area contributed by atoms with E-state index in [9.17, 15) is 0 Å². The topological polar surface area (TPSA) is 0 Å². The van der Waals surface area contributed by atoms with Crippen LogP contribution in [-0.2, 0) is 6.42 Å². The summed E-state index contributed by atoms with van der Waals surface area (Å²) in [5, 5.41) is 7.79. The van der Waals surface area contributed by atoms with Crippen LogP contribution in [0.3, 0.4) is 0 Å². The SMILES string of the molecule is C=C/C=C1/c2cc3c(-c4ccc5ccccc5c4)c4c(c(C)c3cc2-c2cccc(C)c21)-c1cccc2c1/C4=C\C(C)/C=C\C=C/C2.CC.c1ccc2ccccc2c1. The molecule has 59 heavy (non-hydrogen) atoms. The Morgan fingerprint density at radius 2 is 1.19 bits per heavy atom. The zero-order valence-electron chi connectivity index (χ0n) is 34.8. The van der Waals surface area contributed by atoms with Gasteiger partial charge >= 0.3 is 0 Å². The van der Waals surface area contributed by atoms with Gasteiger partial charge in [0.15, 0.2) is 0 Å². The first-order valence-corrected chi connectivity index (χ1v) is 21.2. The fraction of sp³-hybridized carbons (Fsp3) is 0.119. The van der Waals surface area contributed by atoms with Crippen molar-refractivity contribution in [1.29, 1.82) is 0 Å². The van der Waals surface area contributed by atoms with Crippen LogP contribution in [0.1, 0.15) is 59.7 Å². The van der Waals surface area contributed by atoms with Gasteiger partial charge in [0, 0.05) is 0 Å². The van der Waals surface area contributed by atoms with Crippen molar-refractivity contribution >= 4 is 43.5 Å². The lowest BCUT2D eigenvalue weighted by molar-refractivity contribution is 0.941. The molecule has 0 heterocycles. The van der Waals surface area contributed by atoms with Crippen molar-refractivity contribution in [2.24, 2.45) is 5.92 Å². The molecule has 286 valence electrons. The smallest absolute Gasteiger partial charge is 0.00141 e. The van der Waals surface area contributed by atoms with Crippen LogP contribution in [0.2, 0.25) is 0 Å². The minimum atomic E-state index is 0.291. The third-order valence-electron chi connectivity index (χ3n) is 12.2. The molecule has 0 aromatic heterocycles. The number of benzene rings is 8. The Kier molecular flexibility index (Phi) is 10.2. The number of fused-ring (bicyclic) bond motifs is 9. The van der Waals surface area contributed by atoms with Gasteiger partial charge in [0.05, 0.1) is 0 Å². The first-order chi connectivity index (χ1) is 29.0. The van der Waals surface area contributed by atoms with Gasteiger partial charge in [0.1, 0.15) is 0 Å². The largest absolute Gasteiger partial charge is 0.0990 e. The molecule has 0 saturated carbocycles. The highest BCUT2D eigenvalue weighted by atomic mass is 14.4. The van der Waals surface area contributed by atoms with E-state index < -0.39 is 0 Å². The lowest BCUT2D eigenvalue weighted by Crippen LogP contribution is -1.98. The van der Waals surface area contributed by atoms with Crippen LogP contribution in [0.25, 0.3) is 76.8 Å². The first kappa shape index (κ1) is 37.8. The van der Waals surface area contributed by atoms with E-state index in [0.717, 1.165) is 6.42 Å². The Morgan fingerprint density at radius 3 is 1.90 bits per heavy atom. The summed E-state index contributed by atoms with van der Waals surface area (Å²) < 4.78 is 0. The van der Waals surface area contributed by atoms with Crippen LogP contribution < -0.4 is 0 Å². The molecular weight excluding hydrogens is 709 g/mol. The highest BCUT2D eigenvalue weighted by Gasteiger charge is 2.34. The number of hydrogen-bond acceptors (Lipinski definition) is 0. The van der Waals surface area contributed by atoms with Crippen molar-refractivity contribution in [1.82, 2.24) is 0 Å². The summed E-state index contributed by atoms with van der Waals surface area (Å²) in [7, 11) is 0. The highest BCUT2D eigenvalue weighted by Crippen LogP contribution is 2.56. The van der Waals surface area contributed by atoms with Crippen molar-refractivity contribution in [2.75, 3.05) is 0 Å². The maximum absolute atomic E-state index is 4.12. The molecule has 0 amide bonds. The molecule has 0 nitrogen and oxygen atoms in total. The molecule has 0 radical (unpaired) electrons. The molecule has 11 rings (SSSR count). The molecule has 8 aromatic carbocycles. The zero-order valence-corrected chi connectivity index (χ0v) is 34.8. The van der Waals surface area contributed by atoms with Gasteiger partial charge < -0.3 is 0 Å². The molecule has 8 aromatic rings. The van der Waals surface area contributed by atoms with Crippen LogP contribution in [0.4, 0.5) is 0 Å². The van der Waals surface area contributed by atoms with Gasteiger partial charge in [0.25, 0.3) is 0 Å². The minimum absolute atomic E-state index is 0.291. The third-order valence-corrected chi connectivity index (χ3v) is 12.2. The minimum Gasteiger partial charge on any atom is -0.0990 e. The van der Waals surface area contributed by atoms with Crippen LogP contribution in [0, 0.1) is 19.8 Å². The van der Waals surface area contributed by atoms with E-state index >= 15 is 0 Å². The van der Waals surface area contributed by atoms with Gasteiger partial charge in [0.2, 0.25) is 0 Å². The van der Waals surface area contributed by atoms with E-state index in [4.69, 9.17) is 0 Å². The number of rotatable bonds is 2. The average Bonchev–Trinajstić information content (AvgIpc) is 3.77. The zero-order chi connectivity index (χ0) is 40.6. The molecule has 1 unspecified atom stereocenters. The van der Waals surface area contributed by atoms with Gasteiger partial charge in [-0.25, -0.2) is 0 Å². The van der Waals surface area contributed by atoms with E-state index in [1.807, 2.05) is 19.9 Å². The average molecular weight is 759 g/mol. The monoisotopic (exact) mass is 758 g/mol. The van der Waals surface area contributed by atoms with Crippen molar-refractivity contribution in [2.45, 2.75) is 41.0 Å². The predicted molar refractivity (Wildman–Crippen MR) is 258 cm³/mol. The second-order valence-corrected chi connectivity index (χ2v) is 15.7. The van der Waals surface area contributed by atoms with E-state index in [2.05, 4.69) is 203 Å². The Labute approximate surface area is 349 Å². The Morgan fingerprint density at radius 1 is 0.542 bits per heavy atom. The van der Waals surface area contributed by atoms with Gasteiger partial charge in [-0.1, -0.05) is 191 Å². The highest BCUT2D eigenvalue weighted by molar-refractivity contribution is 6.19. The first-order valence-electron chi connectivity index (χ1n) is 21.2. The second kappa shape index (κ2) is 15.9. The molecular formula is C59H50. The standard InChI is InChI=1S/C47H36.C10H8.C2H6/c1-5-13-35-40-27-41-38(26-39(40)36-20-11-15-29(3)43(35)36)30(4)44-37-21-12-19-32-17-8-6-7-14-28(2)24-42(45(32)37)47(44)46(41)34-23-22-31-16-9-10-18-33(31)25-34;1-2-6-10-8-4-3-7-9(10)5-1;1-2/h5-16,18-28H,1,17H2,2-4H3;1-8H;1-2H3/b8-6-,14-7-,35-13-,42-24+;;. The fourth-order valence-electron chi connectivity index (χ4n) is 9.62. The maximum atomic E-state index is 4.12. The Bertz CT molecular complexity index is 3020. The molecule has 0 spiro atoms. The second-order valence-electron chi connectivity index (χ2n) is 15.7. The molecule has 0 saturated heterocycles. The summed E-state index contributed by atoms with van der Waals surface area (Å²) in [6.07, 6.45) is 16.6. The summed E-state index contributed by atoms with van der Waals surface area (Å²) in [6, 6.07) is 51.1. The molecule has 0 N–H and O–H groups in total. The summed E-state index contributed by atoms with van der Waals surface area (Å²) >= 11 is 0. The summed E-state index contributed by atoms with van der Waals surface area (Å²) in [5.74, 6) is 0.291. The normalized spacial score (nSPS) is 17.0. The van der Waals surface area contributed by atoms with Crippen molar-refractivity contribution < 1.29 is 0 Å². The van der Waals surface area contributed by atoms with Crippen LogP contribution >= 0.6 is 0 Å². The molecule has 0 fully saturated rings. The lowest BCUT2D eigenvalue weighted by Gasteiger charge is -2.20. The van der Waals surface area contributed by atoms with Crippen LogP contribution in [0.5, 0.6) is 0 Å². The van der Waals surface area contributed by atoms with E-state index in [-0.39, 0.29) is 0 Å². The van der Waals surface area contributed by atoms with Crippen LogP contribution in [-0.4, -0.2) is 0 Å². The molecule has 3 aliphatic rings. The van der Waals surface area contributed by atoms with Gasteiger partial charge in [-0.15, -0.1) is 0 Å². The van der Waals surface area contributed by atoms with Gasteiger partial charge in [-0.05, 0) is 160 Å². The molecule has 3 aliphatic carbocycles. The summed E-state index contributed by atoms with van der Waals surface area (Å²) in [4.78, 5) is 0. The van der Waals surface area contributed by atoms with Crippen LogP contribution in [0.15, 0.2) is 189 Å². The maximum Gasteiger partial charge on any atom is -0.00141 e. The molecule has 0 bridgehead atoms. The van der Waals surface area contributed by atoms with Crippen molar-refractivity contribution in [3.63, 3.8) is 0 Å². The Balaban J connectivity index is 0.000000323. The number of allylic oxidation sites excluding steroid dienone is 7. The van der Waals surface area contributed by atoms with E-state index in [1.165, 1.54) is 116 Å². The fourth-order valence-corrected chi connectivity index (χ4v) is 9.62. The predicted octanol–water partition coefficient (Wildman–Crippen LogP) is 16.5. The quantitative estimate of drug-likeness (QED) is 0.165. The van der Waals surface area contributed by atoms with Crippen molar-refractivity contribution in [3.8, 4) is 33.4 Å². The van der Waals surface area contributed by atoms with E-state index in [0.29, 0.717) is 5.92 Å². The molecule has 1 atom stereocenters. The lowest BCUT2D eigenvalue weighted by atomic mass is 9.82. The molecule has 0 aliphatic heterocycles.